The summed E-state index contributed by atoms with van der Waals surface area (Å²) < 4.78 is 25.1. The van der Waals surface area contributed by atoms with E-state index in [-0.39, 0.29) is 11.2 Å². The lowest BCUT2D eigenvalue weighted by molar-refractivity contribution is 0.0903. The Morgan fingerprint density at radius 2 is 2.09 bits per heavy atom. The van der Waals surface area contributed by atoms with Gasteiger partial charge in [0, 0.05) is 18.7 Å². The van der Waals surface area contributed by atoms with Gasteiger partial charge in [0.2, 0.25) is 10.0 Å². The van der Waals surface area contributed by atoms with Crippen LogP contribution >= 0.6 is 0 Å². The van der Waals surface area contributed by atoms with E-state index in [1.54, 1.807) is 10.4 Å². The number of hydrogen-bond acceptors (Lipinski definition) is 4. The molecule has 6 heteroatoms. The Kier molecular flexibility index (Phi) is 3.87. The highest BCUT2D eigenvalue weighted by Gasteiger charge is 2.43. The highest BCUT2D eigenvalue weighted by molar-refractivity contribution is 7.88. The van der Waals surface area contributed by atoms with Crippen LogP contribution in [-0.4, -0.2) is 49.6 Å². The van der Waals surface area contributed by atoms with Crippen LogP contribution in [0.3, 0.4) is 0 Å². The summed E-state index contributed by atoms with van der Waals surface area (Å²) >= 11 is 0. The summed E-state index contributed by atoms with van der Waals surface area (Å²) in [5.41, 5.74) is 2.90. The van der Waals surface area contributed by atoms with Crippen LogP contribution in [-0.2, 0) is 22.9 Å². The van der Waals surface area contributed by atoms with Crippen molar-refractivity contribution in [2.24, 2.45) is 5.41 Å². The maximum Gasteiger partial charge on any atom is 0.211 e. The van der Waals surface area contributed by atoms with Crippen LogP contribution in [0.25, 0.3) is 0 Å². The second-order valence-corrected chi connectivity index (χ2v) is 8.57. The number of benzene rings is 1. The normalized spacial score (nSPS) is 25.4. The number of Topliss-reactive ketones (excluding diaryl/α,β-unsaturated/α-hetero) is 1. The molecule has 1 saturated heterocycles. The largest absolute Gasteiger partial charge is 0.388 e. The monoisotopic (exact) mass is 323 g/mol. The second-order valence-electron chi connectivity index (χ2n) is 6.59. The SMILES string of the molecule is CS(=O)(=O)N1CCC2(CCc3ccc(C(=O)CO)cc3C2)C1. The number of aliphatic hydroxyl groups excluding tert-OH is 1. The molecule has 1 aromatic carbocycles. The molecular weight excluding hydrogens is 302 g/mol. The maximum absolute atomic E-state index is 11.7. The van der Waals surface area contributed by atoms with E-state index in [9.17, 15) is 13.2 Å². The molecular formula is C16H21NO4S. The molecule has 0 radical (unpaired) electrons. The molecule has 0 saturated carbocycles. The fraction of sp³-hybridized carbons (Fsp3) is 0.562. The number of aryl methyl sites for hydroxylation is 1. The molecule has 0 bridgehead atoms. The molecule has 2 aliphatic rings. The quantitative estimate of drug-likeness (QED) is 0.842. The zero-order chi connectivity index (χ0) is 16.0. The smallest absolute Gasteiger partial charge is 0.211 e. The van der Waals surface area contributed by atoms with Gasteiger partial charge in [0.25, 0.3) is 0 Å². The summed E-state index contributed by atoms with van der Waals surface area (Å²) in [4.78, 5) is 11.7. The zero-order valence-corrected chi connectivity index (χ0v) is 13.5. The van der Waals surface area contributed by atoms with E-state index in [0.29, 0.717) is 18.7 Å². The number of rotatable bonds is 3. The van der Waals surface area contributed by atoms with Crippen LogP contribution < -0.4 is 0 Å². The van der Waals surface area contributed by atoms with Gasteiger partial charge in [-0.1, -0.05) is 12.1 Å². The number of fused-ring (bicyclic) bond motifs is 1. The Morgan fingerprint density at radius 1 is 1.32 bits per heavy atom. The van der Waals surface area contributed by atoms with Crippen LogP contribution in [0, 0.1) is 5.41 Å². The number of sulfonamides is 1. The minimum absolute atomic E-state index is 0.00301. The van der Waals surface area contributed by atoms with Crippen molar-refractivity contribution in [2.45, 2.75) is 25.7 Å². The minimum Gasteiger partial charge on any atom is -0.388 e. The van der Waals surface area contributed by atoms with Gasteiger partial charge in [0.15, 0.2) is 5.78 Å². The third-order valence-electron chi connectivity index (χ3n) is 5.03. The third kappa shape index (κ3) is 2.83. The van der Waals surface area contributed by atoms with Gasteiger partial charge in [-0.3, -0.25) is 4.79 Å². The first-order valence-electron chi connectivity index (χ1n) is 7.54. The van der Waals surface area contributed by atoms with E-state index >= 15 is 0 Å². The Morgan fingerprint density at radius 3 is 2.73 bits per heavy atom. The molecule has 3 rings (SSSR count). The standard InChI is InChI=1S/C16H21NO4S/c1-22(20,21)17-7-6-16(11-17)5-4-12-2-3-13(15(19)10-18)8-14(12)9-16/h2-3,8,18H,4-7,9-11H2,1H3. The van der Waals surface area contributed by atoms with Gasteiger partial charge >= 0.3 is 0 Å². The molecule has 1 atom stereocenters. The number of carbonyl (C=O) groups is 1. The molecule has 1 heterocycles. The first kappa shape index (κ1) is 15.6. The van der Waals surface area contributed by atoms with Crippen LogP contribution in [0.4, 0.5) is 0 Å². The molecule has 0 amide bonds. The minimum atomic E-state index is -3.13. The van der Waals surface area contributed by atoms with Crippen molar-refractivity contribution in [3.8, 4) is 0 Å². The molecule has 120 valence electrons. The Bertz CT molecular complexity index is 713. The molecule has 1 aliphatic carbocycles. The van der Waals surface area contributed by atoms with Crippen molar-refractivity contribution in [2.75, 3.05) is 26.0 Å². The van der Waals surface area contributed by atoms with E-state index in [1.165, 1.54) is 11.8 Å². The number of hydrogen-bond donors (Lipinski definition) is 1. The Balaban J connectivity index is 1.86. The lowest BCUT2D eigenvalue weighted by Crippen LogP contribution is -2.35. The molecule has 0 aromatic heterocycles. The van der Waals surface area contributed by atoms with Crippen molar-refractivity contribution in [1.82, 2.24) is 4.31 Å². The van der Waals surface area contributed by atoms with Crippen LogP contribution in [0.1, 0.15) is 34.3 Å². The van der Waals surface area contributed by atoms with Gasteiger partial charge < -0.3 is 5.11 Å². The lowest BCUT2D eigenvalue weighted by Gasteiger charge is -2.34. The summed E-state index contributed by atoms with van der Waals surface area (Å²) in [5, 5.41) is 9.00. The van der Waals surface area contributed by atoms with Gasteiger partial charge in [-0.25, -0.2) is 12.7 Å². The highest BCUT2D eigenvalue weighted by Crippen LogP contribution is 2.43. The molecule has 1 N–H and O–H groups in total. The average molecular weight is 323 g/mol. The number of nitrogens with zero attached hydrogens (tertiary/aromatic N) is 1. The second kappa shape index (κ2) is 5.44. The van der Waals surface area contributed by atoms with E-state index in [1.807, 2.05) is 12.1 Å². The summed E-state index contributed by atoms with van der Waals surface area (Å²) in [7, 11) is -3.13. The molecule has 5 nitrogen and oxygen atoms in total. The summed E-state index contributed by atoms with van der Waals surface area (Å²) in [6.07, 6.45) is 4.85. The molecule has 1 aliphatic heterocycles. The van der Waals surface area contributed by atoms with Crippen molar-refractivity contribution < 1.29 is 18.3 Å². The summed E-state index contributed by atoms with van der Waals surface area (Å²) in [6.45, 7) is 0.679. The maximum atomic E-state index is 11.7. The van der Waals surface area contributed by atoms with Crippen molar-refractivity contribution in [3.63, 3.8) is 0 Å². The molecule has 1 fully saturated rings. The Labute approximate surface area is 131 Å². The van der Waals surface area contributed by atoms with Gasteiger partial charge in [0.1, 0.15) is 6.61 Å². The van der Waals surface area contributed by atoms with Crippen molar-refractivity contribution >= 4 is 15.8 Å². The zero-order valence-electron chi connectivity index (χ0n) is 12.7. The van der Waals surface area contributed by atoms with Crippen LogP contribution in [0.15, 0.2) is 18.2 Å². The summed E-state index contributed by atoms with van der Waals surface area (Å²) in [6, 6.07) is 5.61. The predicted octanol–water partition coefficient (Wildman–Crippen LogP) is 1.00. The average Bonchev–Trinajstić information content (AvgIpc) is 2.89. The van der Waals surface area contributed by atoms with E-state index in [0.717, 1.165) is 31.2 Å². The topological polar surface area (TPSA) is 74.7 Å². The first-order valence-corrected chi connectivity index (χ1v) is 9.39. The van der Waals surface area contributed by atoms with Crippen molar-refractivity contribution in [1.29, 1.82) is 0 Å². The van der Waals surface area contributed by atoms with Gasteiger partial charge in [-0.15, -0.1) is 0 Å². The number of ketones is 1. The van der Waals surface area contributed by atoms with E-state index in [2.05, 4.69) is 0 Å². The molecule has 1 spiro atoms. The first-order chi connectivity index (χ1) is 10.3. The molecule has 1 unspecified atom stereocenters. The third-order valence-corrected chi connectivity index (χ3v) is 6.28. The highest BCUT2D eigenvalue weighted by atomic mass is 32.2. The van der Waals surface area contributed by atoms with Gasteiger partial charge in [0.05, 0.1) is 6.26 Å². The Hall–Kier alpha value is -1.24. The number of carbonyl (C=O) groups excluding carboxylic acids is 1. The van der Waals surface area contributed by atoms with Gasteiger partial charge in [-0.05, 0) is 48.3 Å². The molecule has 22 heavy (non-hydrogen) atoms. The fourth-order valence-corrected chi connectivity index (χ4v) is 4.65. The fourth-order valence-electron chi connectivity index (χ4n) is 3.72. The number of aliphatic hydroxyl groups is 1. The van der Waals surface area contributed by atoms with Crippen LogP contribution in [0.2, 0.25) is 0 Å². The van der Waals surface area contributed by atoms with E-state index < -0.39 is 16.6 Å². The van der Waals surface area contributed by atoms with Gasteiger partial charge in [-0.2, -0.15) is 0 Å². The molecule has 1 aromatic rings. The van der Waals surface area contributed by atoms with E-state index in [4.69, 9.17) is 5.11 Å². The lowest BCUT2D eigenvalue weighted by atomic mass is 9.71. The summed E-state index contributed by atoms with van der Waals surface area (Å²) in [5.74, 6) is -0.272. The van der Waals surface area contributed by atoms with Crippen molar-refractivity contribution in [3.05, 3.63) is 34.9 Å². The predicted molar refractivity (Wildman–Crippen MR) is 83.4 cm³/mol. The van der Waals surface area contributed by atoms with Crippen LogP contribution in [0.5, 0.6) is 0 Å².